The number of carbonyl (C=O) groups excluding carboxylic acids is 1. The number of halogens is 2. The first kappa shape index (κ1) is 14.6. The van der Waals surface area contributed by atoms with Gasteiger partial charge < -0.3 is 9.15 Å². The third kappa shape index (κ3) is 3.27. The van der Waals surface area contributed by atoms with Crippen molar-refractivity contribution in [1.82, 2.24) is 4.98 Å². The number of hydrogen-bond donors (Lipinski definition) is 0. The van der Waals surface area contributed by atoms with Crippen molar-refractivity contribution in [3.63, 3.8) is 0 Å². The van der Waals surface area contributed by atoms with Crippen LogP contribution in [0.3, 0.4) is 0 Å². The van der Waals surface area contributed by atoms with E-state index in [-0.39, 0.29) is 18.4 Å². The van der Waals surface area contributed by atoms with Crippen LogP contribution in [-0.2, 0) is 4.74 Å². The van der Waals surface area contributed by atoms with Crippen molar-refractivity contribution in [1.29, 1.82) is 0 Å². The van der Waals surface area contributed by atoms with Gasteiger partial charge in [-0.2, -0.15) is 0 Å². The van der Waals surface area contributed by atoms with E-state index in [9.17, 15) is 13.6 Å². The molecule has 0 aliphatic heterocycles. The van der Waals surface area contributed by atoms with Gasteiger partial charge in [-0.15, -0.1) is 0 Å². The molecule has 0 fully saturated rings. The third-order valence-electron chi connectivity index (χ3n) is 2.48. The summed E-state index contributed by atoms with van der Waals surface area (Å²) in [5, 5.41) is 0. The summed E-state index contributed by atoms with van der Waals surface area (Å²) in [7, 11) is 0. The lowest BCUT2D eigenvalue weighted by molar-refractivity contribution is 0.0473. The monoisotopic (exact) mass is 261 g/mol. The number of alkyl halides is 2. The molecule has 18 heavy (non-hydrogen) atoms. The average Bonchev–Trinajstić information content (AvgIpc) is 2.74. The lowest BCUT2D eigenvalue weighted by Gasteiger charge is -2.03. The average molecular weight is 261 g/mol. The Bertz CT molecular complexity index is 404. The van der Waals surface area contributed by atoms with E-state index >= 15 is 0 Å². The first-order valence-corrected chi connectivity index (χ1v) is 5.97. The van der Waals surface area contributed by atoms with Crippen molar-refractivity contribution >= 4 is 5.97 Å². The van der Waals surface area contributed by atoms with E-state index < -0.39 is 23.8 Å². The van der Waals surface area contributed by atoms with E-state index in [1.165, 1.54) is 0 Å². The first-order chi connectivity index (χ1) is 8.51. The molecule has 0 amide bonds. The molecule has 1 rings (SSSR count). The summed E-state index contributed by atoms with van der Waals surface area (Å²) < 4.78 is 35.3. The van der Waals surface area contributed by atoms with Crippen molar-refractivity contribution in [2.75, 3.05) is 6.61 Å². The van der Waals surface area contributed by atoms with E-state index in [2.05, 4.69) is 9.72 Å². The Hall–Kier alpha value is -1.46. The van der Waals surface area contributed by atoms with Crippen molar-refractivity contribution in [2.45, 2.75) is 46.0 Å². The van der Waals surface area contributed by atoms with Gasteiger partial charge >= 0.3 is 5.97 Å². The highest BCUT2D eigenvalue weighted by molar-refractivity contribution is 5.87. The number of nitrogens with zero attached hydrogens (tertiary/aromatic N) is 1. The first-order valence-electron chi connectivity index (χ1n) is 5.97. The molecule has 0 saturated heterocycles. The highest BCUT2D eigenvalue weighted by atomic mass is 19.3. The molecule has 0 N–H and O–H groups in total. The molecule has 1 aromatic heterocycles. The number of aromatic nitrogens is 1. The van der Waals surface area contributed by atoms with Gasteiger partial charge in [0, 0.05) is 5.92 Å². The quantitative estimate of drug-likeness (QED) is 0.733. The van der Waals surface area contributed by atoms with E-state index in [1.807, 2.05) is 13.8 Å². The Morgan fingerprint density at radius 2 is 2.11 bits per heavy atom. The topological polar surface area (TPSA) is 52.3 Å². The normalized spacial score (nSPS) is 12.8. The van der Waals surface area contributed by atoms with Crippen LogP contribution in [0.4, 0.5) is 8.78 Å². The Morgan fingerprint density at radius 3 is 2.61 bits per heavy atom. The second kappa shape index (κ2) is 6.47. The fourth-order valence-electron chi connectivity index (χ4n) is 1.61. The van der Waals surface area contributed by atoms with Crippen LogP contribution < -0.4 is 0 Å². The van der Waals surface area contributed by atoms with Gasteiger partial charge in [-0.25, -0.2) is 18.6 Å². The van der Waals surface area contributed by atoms with Crippen LogP contribution in [0, 0.1) is 0 Å². The number of hydrogen-bond acceptors (Lipinski definition) is 4. The molecule has 0 aliphatic carbocycles. The molecule has 0 bridgehead atoms. The predicted molar refractivity (Wildman–Crippen MR) is 60.7 cm³/mol. The molecule has 0 aromatic carbocycles. The summed E-state index contributed by atoms with van der Waals surface area (Å²) in [6.07, 6.45) is -1.22. The van der Waals surface area contributed by atoms with Gasteiger partial charge in [0.2, 0.25) is 5.76 Å². The molecule has 0 saturated carbocycles. The minimum absolute atomic E-state index is 0.0993. The summed E-state index contributed by atoms with van der Waals surface area (Å²) in [5.41, 5.74) is -0.633. The predicted octanol–water partition coefficient (Wildman–Crippen LogP) is 3.69. The van der Waals surface area contributed by atoms with Crippen molar-refractivity contribution in [2.24, 2.45) is 0 Å². The summed E-state index contributed by atoms with van der Waals surface area (Å²) in [4.78, 5) is 15.2. The van der Waals surface area contributed by atoms with Crippen LogP contribution in [-0.4, -0.2) is 17.6 Å². The maximum Gasteiger partial charge on any atom is 0.376 e. The standard InChI is InChI=1S/C12H17F2NO3/c1-4-6-7(3)11-15-8(10(13)14)9(18-11)12(16)17-5-2/h7,10H,4-6H2,1-3H3. The minimum Gasteiger partial charge on any atom is -0.460 e. The second-order valence-corrected chi connectivity index (χ2v) is 3.98. The zero-order chi connectivity index (χ0) is 13.7. The number of oxazole rings is 1. The van der Waals surface area contributed by atoms with E-state index in [1.54, 1.807) is 6.92 Å². The van der Waals surface area contributed by atoms with Gasteiger partial charge in [0.1, 0.15) is 0 Å². The summed E-state index contributed by atoms with van der Waals surface area (Å²) in [6, 6.07) is 0. The molecule has 0 aliphatic rings. The number of carbonyl (C=O) groups is 1. The number of rotatable bonds is 6. The van der Waals surface area contributed by atoms with Crippen molar-refractivity contribution in [3.05, 3.63) is 17.3 Å². The van der Waals surface area contributed by atoms with Gasteiger partial charge in [-0.1, -0.05) is 20.3 Å². The molecule has 0 spiro atoms. The highest BCUT2D eigenvalue weighted by Gasteiger charge is 2.28. The maximum absolute atomic E-state index is 12.8. The van der Waals surface area contributed by atoms with Crippen molar-refractivity contribution < 1.29 is 22.7 Å². The van der Waals surface area contributed by atoms with Crippen LogP contribution in [0.5, 0.6) is 0 Å². The lowest BCUT2D eigenvalue weighted by Crippen LogP contribution is -2.06. The van der Waals surface area contributed by atoms with Crippen LogP contribution in [0.2, 0.25) is 0 Å². The smallest absolute Gasteiger partial charge is 0.376 e. The minimum atomic E-state index is -2.85. The molecule has 6 heteroatoms. The summed E-state index contributed by atoms with van der Waals surface area (Å²) in [6.45, 7) is 5.48. The lowest BCUT2D eigenvalue weighted by atomic mass is 10.1. The van der Waals surface area contributed by atoms with Gasteiger partial charge in [-0.05, 0) is 13.3 Å². The summed E-state index contributed by atoms with van der Waals surface area (Å²) >= 11 is 0. The fourth-order valence-corrected chi connectivity index (χ4v) is 1.61. The molecule has 1 unspecified atom stereocenters. The molecule has 1 atom stereocenters. The maximum atomic E-state index is 12.8. The van der Waals surface area contributed by atoms with Crippen LogP contribution in [0.1, 0.15) is 68.1 Å². The second-order valence-electron chi connectivity index (χ2n) is 3.98. The van der Waals surface area contributed by atoms with Crippen molar-refractivity contribution in [3.8, 4) is 0 Å². The van der Waals surface area contributed by atoms with Gasteiger partial charge in [0.15, 0.2) is 11.6 Å². The largest absolute Gasteiger partial charge is 0.460 e. The molecule has 1 aromatic rings. The van der Waals surface area contributed by atoms with Crippen LogP contribution in [0.25, 0.3) is 0 Å². The molecule has 1 heterocycles. The van der Waals surface area contributed by atoms with Crippen LogP contribution in [0.15, 0.2) is 4.42 Å². The zero-order valence-electron chi connectivity index (χ0n) is 10.7. The van der Waals surface area contributed by atoms with Crippen LogP contribution >= 0.6 is 0 Å². The molecular formula is C12H17F2NO3. The molecule has 0 radical (unpaired) electrons. The van der Waals surface area contributed by atoms with E-state index in [0.29, 0.717) is 0 Å². The SMILES string of the molecule is CCCC(C)c1nc(C(F)F)c(C(=O)OCC)o1. The summed E-state index contributed by atoms with van der Waals surface area (Å²) in [5.74, 6) is -1.31. The van der Waals surface area contributed by atoms with E-state index in [0.717, 1.165) is 12.8 Å². The van der Waals surface area contributed by atoms with Gasteiger partial charge in [0.25, 0.3) is 6.43 Å². The Labute approximate surface area is 104 Å². The fraction of sp³-hybridized carbons (Fsp3) is 0.667. The zero-order valence-corrected chi connectivity index (χ0v) is 10.7. The molecular weight excluding hydrogens is 244 g/mol. The third-order valence-corrected chi connectivity index (χ3v) is 2.48. The number of esters is 1. The Balaban J connectivity index is 3.04. The Morgan fingerprint density at radius 1 is 1.44 bits per heavy atom. The van der Waals surface area contributed by atoms with E-state index in [4.69, 9.17) is 4.42 Å². The molecule has 4 nitrogen and oxygen atoms in total. The highest BCUT2D eigenvalue weighted by Crippen LogP contribution is 2.28. The van der Waals surface area contributed by atoms with Gasteiger partial charge in [-0.3, -0.25) is 0 Å². The molecule has 102 valence electrons. The number of ether oxygens (including phenoxy) is 1. The van der Waals surface area contributed by atoms with Gasteiger partial charge in [0.05, 0.1) is 6.61 Å². The Kier molecular flexibility index (Phi) is 5.25.